The van der Waals surface area contributed by atoms with Crippen LogP contribution in [0.3, 0.4) is 0 Å². The van der Waals surface area contributed by atoms with Gasteiger partial charge in [0.05, 0.1) is 11.1 Å². The molecule has 0 aliphatic carbocycles. The minimum absolute atomic E-state index is 0.0220. The van der Waals surface area contributed by atoms with Gasteiger partial charge in [0.2, 0.25) is 0 Å². The lowest BCUT2D eigenvalue weighted by Gasteiger charge is -2.14. The van der Waals surface area contributed by atoms with E-state index in [1.165, 1.54) is 18.2 Å². The van der Waals surface area contributed by atoms with Crippen LogP contribution in [0.5, 0.6) is 0 Å². The van der Waals surface area contributed by atoms with E-state index in [-0.39, 0.29) is 11.4 Å². The summed E-state index contributed by atoms with van der Waals surface area (Å²) in [4.78, 5) is 8.62. The molecule has 0 fully saturated rings. The summed E-state index contributed by atoms with van der Waals surface area (Å²) >= 11 is 0. The molecule has 0 unspecified atom stereocenters. The predicted octanol–water partition coefficient (Wildman–Crippen LogP) is 4.28. The Morgan fingerprint density at radius 3 is 2.55 bits per heavy atom. The first-order valence-corrected chi connectivity index (χ1v) is 8.90. The van der Waals surface area contributed by atoms with Crippen LogP contribution in [0.2, 0.25) is 0 Å². The van der Waals surface area contributed by atoms with Crippen molar-refractivity contribution >= 4 is 22.5 Å². The highest BCUT2D eigenvalue weighted by Crippen LogP contribution is 2.36. The molecule has 0 aliphatic heterocycles. The maximum atomic E-state index is 13.5. The third-order valence-corrected chi connectivity index (χ3v) is 4.37. The van der Waals surface area contributed by atoms with E-state index in [2.05, 4.69) is 25.5 Å². The van der Waals surface area contributed by atoms with Crippen LogP contribution in [0.25, 0.3) is 22.3 Å². The molecule has 0 atom stereocenters. The number of benzene rings is 2. The molecule has 2 heterocycles. The molecule has 9 heteroatoms. The highest BCUT2D eigenvalue weighted by molar-refractivity contribution is 5.91. The fraction of sp³-hybridized carbons (Fsp3) is 0.150. The summed E-state index contributed by atoms with van der Waals surface area (Å²) in [6.45, 7) is 0.308. The lowest BCUT2D eigenvalue weighted by atomic mass is 10.1. The minimum atomic E-state index is -4.52. The zero-order valence-corrected chi connectivity index (χ0v) is 15.2. The number of H-pyrrole nitrogens is 1. The van der Waals surface area contributed by atoms with Gasteiger partial charge in [0, 0.05) is 29.1 Å². The first-order chi connectivity index (χ1) is 14.0. The number of fused-ring (bicyclic) bond motifs is 1. The van der Waals surface area contributed by atoms with E-state index in [0.29, 0.717) is 30.3 Å². The second kappa shape index (κ2) is 7.51. The molecule has 0 saturated heterocycles. The Hall–Kier alpha value is -3.46. The summed E-state index contributed by atoms with van der Waals surface area (Å²) in [5, 5.41) is 11.0. The maximum Gasteiger partial charge on any atom is 0.417 e. The van der Waals surface area contributed by atoms with Gasteiger partial charge >= 0.3 is 6.18 Å². The van der Waals surface area contributed by atoms with Crippen molar-refractivity contribution in [2.24, 2.45) is 5.73 Å². The quantitative estimate of drug-likeness (QED) is 0.467. The van der Waals surface area contributed by atoms with Crippen LogP contribution in [0.4, 0.5) is 24.8 Å². The van der Waals surface area contributed by atoms with Gasteiger partial charge in [0.15, 0.2) is 11.6 Å². The average Bonchev–Trinajstić information content (AvgIpc) is 3.10. The second-order valence-corrected chi connectivity index (χ2v) is 6.39. The largest absolute Gasteiger partial charge is 0.417 e. The molecule has 0 bridgehead atoms. The van der Waals surface area contributed by atoms with Crippen LogP contribution in [0.15, 0.2) is 54.6 Å². The van der Waals surface area contributed by atoms with Crippen LogP contribution in [-0.2, 0) is 12.6 Å². The Morgan fingerprint density at radius 2 is 1.76 bits per heavy atom. The molecule has 4 aromatic rings. The number of halogens is 3. The number of nitrogens with two attached hydrogens (primary N) is 1. The zero-order chi connectivity index (χ0) is 20.4. The molecule has 0 aliphatic rings. The number of para-hydroxylation sites is 1. The van der Waals surface area contributed by atoms with Gasteiger partial charge in [-0.05, 0) is 24.7 Å². The molecular formula is C20H17F3N6. The smallest absolute Gasteiger partial charge is 0.330 e. The van der Waals surface area contributed by atoms with Crippen molar-refractivity contribution in [3.05, 3.63) is 65.9 Å². The third kappa shape index (κ3) is 3.90. The van der Waals surface area contributed by atoms with E-state index in [4.69, 9.17) is 5.73 Å². The first-order valence-electron chi connectivity index (χ1n) is 8.90. The molecule has 0 amide bonds. The number of nitrogens with one attached hydrogen (secondary N) is 2. The Morgan fingerprint density at radius 1 is 1.00 bits per heavy atom. The minimum Gasteiger partial charge on any atom is -0.330 e. The number of hydrogen-bond donors (Lipinski definition) is 3. The molecule has 6 nitrogen and oxygen atoms in total. The lowest BCUT2D eigenvalue weighted by Crippen LogP contribution is -2.11. The number of hydrogen-bond acceptors (Lipinski definition) is 5. The van der Waals surface area contributed by atoms with Crippen molar-refractivity contribution in [2.75, 3.05) is 11.9 Å². The van der Waals surface area contributed by atoms with Crippen molar-refractivity contribution in [1.82, 2.24) is 20.2 Å². The van der Waals surface area contributed by atoms with Crippen LogP contribution >= 0.6 is 0 Å². The molecule has 2 aromatic heterocycles. The van der Waals surface area contributed by atoms with Crippen molar-refractivity contribution in [2.45, 2.75) is 12.6 Å². The summed E-state index contributed by atoms with van der Waals surface area (Å²) in [6.07, 6.45) is -4.12. The number of aromatic amines is 1. The van der Waals surface area contributed by atoms with E-state index < -0.39 is 11.7 Å². The van der Waals surface area contributed by atoms with Gasteiger partial charge in [-0.15, -0.1) is 0 Å². The molecular weight excluding hydrogens is 381 g/mol. The van der Waals surface area contributed by atoms with Gasteiger partial charge in [-0.3, -0.25) is 5.10 Å². The fourth-order valence-corrected chi connectivity index (χ4v) is 3.06. The molecule has 148 valence electrons. The normalized spacial score (nSPS) is 11.7. The van der Waals surface area contributed by atoms with E-state index >= 15 is 0 Å². The lowest BCUT2D eigenvalue weighted by molar-refractivity contribution is -0.137. The van der Waals surface area contributed by atoms with Crippen molar-refractivity contribution in [3.8, 4) is 11.4 Å². The third-order valence-electron chi connectivity index (χ3n) is 4.37. The van der Waals surface area contributed by atoms with Gasteiger partial charge in [-0.2, -0.15) is 18.3 Å². The summed E-state index contributed by atoms with van der Waals surface area (Å²) in [7, 11) is 0. The maximum absolute atomic E-state index is 13.5. The molecule has 2 aromatic carbocycles. The van der Waals surface area contributed by atoms with Crippen LogP contribution in [0, 0.1) is 0 Å². The van der Waals surface area contributed by atoms with E-state index in [0.717, 1.165) is 17.0 Å². The number of alkyl halides is 3. The molecule has 0 spiro atoms. The fourth-order valence-electron chi connectivity index (χ4n) is 3.06. The van der Waals surface area contributed by atoms with Crippen LogP contribution in [0.1, 0.15) is 11.3 Å². The summed E-state index contributed by atoms with van der Waals surface area (Å²) < 4.78 is 40.4. The highest BCUT2D eigenvalue weighted by Gasteiger charge is 2.34. The van der Waals surface area contributed by atoms with Gasteiger partial charge in [-0.25, -0.2) is 9.97 Å². The standard InChI is InChI=1S/C20H17F3N6/c21-20(22,23)15-7-3-1-5-13(15)18-25-12(9-10-24)11-17(26-18)27-19-14-6-2-4-8-16(14)28-29-19/h1-8,11H,9-10,24H2,(H2,25,26,27,28,29). The summed E-state index contributed by atoms with van der Waals surface area (Å²) in [5.74, 6) is 0.840. The predicted molar refractivity (Wildman–Crippen MR) is 105 cm³/mol. The van der Waals surface area contributed by atoms with Crippen molar-refractivity contribution in [3.63, 3.8) is 0 Å². The van der Waals surface area contributed by atoms with E-state index in [9.17, 15) is 13.2 Å². The number of aromatic nitrogens is 4. The second-order valence-electron chi connectivity index (χ2n) is 6.39. The highest BCUT2D eigenvalue weighted by atomic mass is 19.4. The first kappa shape index (κ1) is 18.9. The molecule has 4 rings (SSSR count). The average molecular weight is 398 g/mol. The van der Waals surface area contributed by atoms with E-state index in [1.807, 2.05) is 24.3 Å². The monoisotopic (exact) mass is 398 g/mol. The van der Waals surface area contributed by atoms with Gasteiger partial charge < -0.3 is 11.1 Å². The molecule has 4 N–H and O–H groups in total. The SMILES string of the molecule is NCCc1cc(Nc2n[nH]c3ccccc23)nc(-c2ccccc2C(F)(F)F)n1. The van der Waals surface area contributed by atoms with Gasteiger partial charge in [0.1, 0.15) is 5.82 Å². The topological polar surface area (TPSA) is 92.5 Å². The zero-order valence-electron chi connectivity index (χ0n) is 15.2. The van der Waals surface area contributed by atoms with Gasteiger partial charge in [0.25, 0.3) is 0 Å². The Labute approximate surface area is 164 Å². The van der Waals surface area contributed by atoms with Crippen molar-refractivity contribution < 1.29 is 13.2 Å². The molecule has 29 heavy (non-hydrogen) atoms. The Kier molecular flexibility index (Phi) is 4.89. The van der Waals surface area contributed by atoms with Crippen LogP contribution < -0.4 is 11.1 Å². The summed E-state index contributed by atoms with van der Waals surface area (Å²) in [5.41, 5.74) is 6.12. The van der Waals surface area contributed by atoms with Crippen LogP contribution in [-0.4, -0.2) is 26.7 Å². The number of rotatable bonds is 5. The van der Waals surface area contributed by atoms with Crippen molar-refractivity contribution in [1.29, 1.82) is 0 Å². The Balaban J connectivity index is 1.80. The van der Waals surface area contributed by atoms with Gasteiger partial charge in [-0.1, -0.05) is 30.3 Å². The molecule has 0 saturated carbocycles. The number of anilines is 2. The summed E-state index contributed by atoms with van der Waals surface area (Å²) in [6, 6.07) is 14.4. The van der Waals surface area contributed by atoms with E-state index in [1.54, 1.807) is 6.07 Å². The Bertz CT molecular complexity index is 1150. The molecule has 0 radical (unpaired) electrons. The number of nitrogens with zero attached hydrogens (tertiary/aromatic N) is 3.